The molecule has 0 aromatic carbocycles. The van der Waals surface area contributed by atoms with Gasteiger partial charge in [0.2, 0.25) is 5.91 Å². The largest absolute Gasteiger partial charge is 0.368 e. The van der Waals surface area contributed by atoms with Crippen LogP contribution in [0.1, 0.15) is 6.42 Å². The lowest BCUT2D eigenvalue weighted by atomic mass is 10.2. The molecule has 1 amide bonds. The van der Waals surface area contributed by atoms with Crippen molar-refractivity contribution in [2.75, 3.05) is 12.0 Å². The molecule has 0 fully saturated rings. The molecular weight excluding hydrogens is 252 g/mol. The van der Waals surface area contributed by atoms with Crippen LogP contribution >= 0.6 is 34.9 Å². The van der Waals surface area contributed by atoms with Crippen molar-refractivity contribution in [3.05, 3.63) is 0 Å². The van der Waals surface area contributed by atoms with Gasteiger partial charge in [0.25, 0.3) is 0 Å². The van der Waals surface area contributed by atoms with E-state index in [1.165, 1.54) is 11.3 Å². The highest BCUT2D eigenvalue weighted by atomic mass is 32.2. The van der Waals surface area contributed by atoms with E-state index in [9.17, 15) is 4.79 Å². The Labute approximate surface area is 100 Å². The van der Waals surface area contributed by atoms with Gasteiger partial charge in [0.1, 0.15) is 0 Å². The van der Waals surface area contributed by atoms with Gasteiger partial charge in [-0.2, -0.15) is 0 Å². The van der Waals surface area contributed by atoms with Crippen LogP contribution in [0.5, 0.6) is 0 Å². The summed E-state index contributed by atoms with van der Waals surface area (Å²) in [6, 6.07) is -0.564. The molecule has 5 nitrogen and oxygen atoms in total. The lowest BCUT2D eigenvalue weighted by Crippen LogP contribution is -2.36. The molecule has 1 atom stereocenters. The summed E-state index contributed by atoms with van der Waals surface area (Å²) in [4.78, 5) is 10.7. The topological polar surface area (TPSA) is 94.9 Å². The maximum absolute atomic E-state index is 10.7. The molecule has 4 N–H and O–H groups in total. The van der Waals surface area contributed by atoms with E-state index < -0.39 is 11.9 Å². The van der Waals surface area contributed by atoms with Gasteiger partial charge in [0.15, 0.2) is 8.68 Å². The van der Waals surface area contributed by atoms with Crippen molar-refractivity contribution >= 4 is 40.8 Å². The molecule has 0 radical (unpaired) electrons. The maximum Gasteiger partial charge on any atom is 0.234 e. The van der Waals surface area contributed by atoms with Crippen LogP contribution in [0, 0.1) is 0 Å². The minimum atomic E-state index is -0.564. The van der Waals surface area contributed by atoms with Crippen LogP contribution in [0.3, 0.4) is 0 Å². The molecule has 1 rings (SSSR count). The average Bonchev–Trinajstić information content (AvgIpc) is 2.65. The zero-order chi connectivity index (χ0) is 11.3. The highest BCUT2D eigenvalue weighted by molar-refractivity contribution is 8.02. The van der Waals surface area contributed by atoms with Crippen molar-refractivity contribution in [2.45, 2.75) is 21.1 Å². The van der Waals surface area contributed by atoms with E-state index in [1.54, 1.807) is 23.5 Å². The molecule has 1 heterocycles. The maximum atomic E-state index is 10.7. The van der Waals surface area contributed by atoms with E-state index in [2.05, 4.69) is 10.2 Å². The quantitative estimate of drug-likeness (QED) is 0.729. The van der Waals surface area contributed by atoms with Crippen molar-refractivity contribution in [2.24, 2.45) is 11.5 Å². The minimum Gasteiger partial charge on any atom is -0.368 e. The Hall–Kier alpha value is -0.310. The molecule has 1 unspecified atom stereocenters. The van der Waals surface area contributed by atoms with Gasteiger partial charge in [-0.05, 0) is 12.7 Å². The first-order valence-electron chi connectivity index (χ1n) is 4.18. The molecule has 0 aliphatic carbocycles. The smallest absolute Gasteiger partial charge is 0.234 e. The van der Waals surface area contributed by atoms with Gasteiger partial charge in [0, 0.05) is 5.75 Å². The fourth-order valence-electron chi connectivity index (χ4n) is 0.753. The lowest BCUT2D eigenvalue weighted by molar-refractivity contribution is -0.119. The first-order chi connectivity index (χ1) is 7.13. The van der Waals surface area contributed by atoms with Gasteiger partial charge in [-0.25, -0.2) is 0 Å². The number of rotatable bonds is 6. The third-order valence-electron chi connectivity index (χ3n) is 1.58. The van der Waals surface area contributed by atoms with Gasteiger partial charge in [-0.3, -0.25) is 4.79 Å². The second kappa shape index (κ2) is 6.31. The molecule has 8 heteroatoms. The van der Waals surface area contributed by atoms with Crippen LogP contribution in [0.25, 0.3) is 0 Å². The molecule has 0 saturated carbocycles. The van der Waals surface area contributed by atoms with Crippen LogP contribution in [-0.4, -0.2) is 34.2 Å². The molecule has 1 aromatic heterocycles. The van der Waals surface area contributed by atoms with Crippen molar-refractivity contribution in [3.63, 3.8) is 0 Å². The van der Waals surface area contributed by atoms with Crippen molar-refractivity contribution in [3.8, 4) is 0 Å². The standard InChI is InChI=1S/C7H12N4OS3/c1-13-6-10-11-7(15-6)14-3-2-4(8)5(9)12/h4H,2-3,8H2,1H3,(H2,9,12). The highest BCUT2D eigenvalue weighted by Gasteiger charge is 2.10. The number of hydrogen-bond donors (Lipinski definition) is 2. The second-order valence-electron chi connectivity index (χ2n) is 2.68. The summed E-state index contributed by atoms with van der Waals surface area (Å²) >= 11 is 4.65. The lowest BCUT2D eigenvalue weighted by Gasteiger charge is -2.04. The zero-order valence-electron chi connectivity index (χ0n) is 8.17. The monoisotopic (exact) mass is 264 g/mol. The summed E-state index contributed by atoms with van der Waals surface area (Å²) in [5.41, 5.74) is 10.5. The molecule has 0 aliphatic rings. The second-order valence-corrected chi connectivity index (χ2v) is 6.06. The van der Waals surface area contributed by atoms with Gasteiger partial charge < -0.3 is 11.5 Å². The summed E-state index contributed by atoms with van der Waals surface area (Å²) in [6.45, 7) is 0. The van der Waals surface area contributed by atoms with Gasteiger partial charge in [-0.1, -0.05) is 34.9 Å². The molecule has 15 heavy (non-hydrogen) atoms. The first kappa shape index (κ1) is 12.8. The predicted octanol–water partition coefficient (Wildman–Crippen LogP) is 0.555. The number of carbonyl (C=O) groups excluding carboxylic acids is 1. The van der Waals surface area contributed by atoms with Crippen molar-refractivity contribution in [1.82, 2.24) is 10.2 Å². The van der Waals surface area contributed by atoms with E-state index in [1.807, 2.05) is 6.26 Å². The van der Waals surface area contributed by atoms with E-state index in [0.717, 1.165) is 14.4 Å². The Balaban J connectivity index is 2.28. The number of amides is 1. The molecule has 0 aliphatic heterocycles. The van der Waals surface area contributed by atoms with Gasteiger partial charge in [-0.15, -0.1) is 10.2 Å². The van der Waals surface area contributed by atoms with E-state index in [4.69, 9.17) is 11.5 Å². The third kappa shape index (κ3) is 4.37. The SMILES string of the molecule is CSc1nnc(SCCC(N)C(N)=O)s1. The van der Waals surface area contributed by atoms with Crippen molar-refractivity contribution < 1.29 is 4.79 Å². The highest BCUT2D eigenvalue weighted by Crippen LogP contribution is 2.27. The number of nitrogens with two attached hydrogens (primary N) is 2. The number of aromatic nitrogens is 2. The summed E-state index contributed by atoms with van der Waals surface area (Å²) in [5.74, 6) is 0.269. The van der Waals surface area contributed by atoms with Gasteiger partial charge >= 0.3 is 0 Å². The van der Waals surface area contributed by atoms with Crippen LogP contribution in [0.4, 0.5) is 0 Å². The number of nitrogens with zero attached hydrogens (tertiary/aromatic N) is 2. The van der Waals surface area contributed by atoms with Crippen molar-refractivity contribution in [1.29, 1.82) is 0 Å². The Morgan fingerprint density at radius 1 is 1.53 bits per heavy atom. The average molecular weight is 264 g/mol. The first-order valence-corrected chi connectivity index (χ1v) is 7.21. The molecular formula is C7H12N4OS3. The molecule has 0 saturated heterocycles. The summed E-state index contributed by atoms with van der Waals surface area (Å²) in [5, 5.41) is 7.94. The van der Waals surface area contributed by atoms with Crippen LogP contribution < -0.4 is 11.5 Å². The summed E-state index contributed by atoms with van der Waals surface area (Å²) < 4.78 is 1.84. The van der Waals surface area contributed by atoms with Gasteiger partial charge in [0.05, 0.1) is 6.04 Å². The Morgan fingerprint density at radius 3 is 2.73 bits per heavy atom. The van der Waals surface area contributed by atoms with E-state index >= 15 is 0 Å². The van der Waals surface area contributed by atoms with E-state index in [0.29, 0.717) is 6.42 Å². The number of primary amides is 1. The number of thioether (sulfide) groups is 2. The van der Waals surface area contributed by atoms with Crippen LogP contribution in [0.15, 0.2) is 8.68 Å². The number of carbonyl (C=O) groups is 1. The molecule has 1 aromatic rings. The minimum absolute atomic E-state index is 0.460. The predicted molar refractivity (Wildman–Crippen MR) is 64.2 cm³/mol. The summed E-state index contributed by atoms with van der Waals surface area (Å²) in [7, 11) is 0. The Kier molecular flexibility index (Phi) is 5.37. The van der Waals surface area contributed by atoms with Crippen LogP contribution in [-0.2, 0) is 4.79 Å². The zero-order valence-corrected chi connectivity index (χ0v) is 10.6. The number of hydrogen-bond acceptors (Lipinski definition) is 7. The normalized spacial score (nSPS) is 12.7. The fourth-order valence-corrected chi connectivity index (χ4v) is 3.28. The van der Waals surface area contributed by atoms with E-state index in [-0.39, 0.29) is 0 Å². The molecule has 84 valence electrons. The Morgan fingerprint density at radius 2 is 2.20 bits per heavy atom. The van der Waals surface area contributed by atoms with Crippen LogP contribution in [0.2, 0.25) is 0 Å². The third-order valence-corrected chi connectivity index (χ3v) is 4.65. The molecule has 0 spiro atoms. The summed E-state index contributed by atoms with van der Waals surface area (Å²) in [6.07, 6.45) is 2.52. The Bertz CT molecular complexity index is 330. The molecule has 0 bridgehead atoms. The fraction of sp³-hybridized carbons (Fsp3) is 0.571.